The molecule has 4 nitrogen and oxygen atoms in total. The van der Waals surface area contributed by atoms with Crippen molar-refractivity contribution in [2.75, 3.05) is 12.8 Å². The van der Waals surface area contributed by atoms with Gasteiger partial charge >= 0.3 is 0 Å². The number of rotatable bonds is 4. The summed E-state index contributed by atoms with van der Waals surface area (Å²) >= 11 is 0. The van der Waals surface area contributed by atoms with Crippen LogP contribution in [0, 0.1) is 0 Å². The molecule has 0 radical (unpaired) electrons. The van der Waals surface area contributed by atoms with Crippen molar-refractivity contribution in [2.24, 2.45) is 0 Å². The number of nitrogens with zero attached hydrogens (tertiary/aromatic N) is 1. The number of hydrogen-bond acceptors (Lipinski definition) is 4. The number of methoxy groups -OCH3 is 1. The molecule has 0 amide bonds. The van der Waals surface area contributed by atoms with Crippen LogP contribution in [0.5, 0.6) is 5.75 Å². The summed E-state index contributed by atoms with van der Waals surface area (Å²) in [6.07, 6.45) is 0. The first kappa shape index (κ1) is 14.4. The molecule has 1 aromatic carbocycles. The lowest BCUT2D eigenvalue weighted by atomic mass is 9.91. The van der Waals surface area contributed by atoms with Gasteiger partial charge in [-0.15, -0.1) is 0 Å². The zero-order chi connectivity index (χ0) is 14.9. The molecule has 2 N–H and O–H groups in total. The van der Waals surface area contributed by atoms with Crippen LogP contribution in [0.3, 0.4) is 0 Å². The van der Waals surface area contributed by atoms with Gasteiger partial charge in [-0.3, -0.25) is 0 Å². The summed E-state index contributed by atoms with van der Waals surface area (Å²) in [7, 11) is 1.72. The number of benzene rings is 1. The second kappa shape index (κ2) is 5.57. The van der Waals surface area contributed by atoms with E-state index in [1.807, 2.05) is 0 Å². The number of hydrogen-bond donors (Lipinski definition) is 1. The Morgan fingerprint density at radius 2 is 1.60 bits per heavy atom. The highest BCUT2D eigenvalue weighted by Gasteiger charge is 2.18. The highest BCUT2D eigenvalue weighted by atomic mass is 16.5. The van der Waals surface area contributed by atoms with Crippen LogP contribution in [0.2, 0.25) is 0 Å². The first-order valence-corrected chi connectivity index (χ1v) is 6.88. The molecule has 0 saturated heterocycles. The Bertz CT molecular complexity index is 571. The van der Waals surface area contributed by atoms with Crippen molar-refractivity contribution in [3.8, 4) is 17.1 Å². The van der Waals surface area contributed by atoms with Crippen molar-refractivity contribution in [1.29, 1.82) is 0 Å². The summed E-state index contributed by atoms with van der Waals surface area (Å²) in [6.45, 7) is 8.61. The van der Waals surface area contributed by atoms with Crippen LogP contribution in [0.4, 0.5) is 5.82 Å². The number of anilines is 1. The van der Waals surface area contributed by atoms with Crippen LogP contribution < -0.4 is 10.5 Å². The maximum atomic E-state index is 5.64. The Morgan fingerprint density at radius 3 is 1.95 bits per heavy atom. The lowest BCUT2D eigenvalue weighted by Crippen LogP contribution is -2.01. The van der Waals surface area contributed by atoms with Gasteiger partial charge in [-0.1, -0.05) is 32.9 Å². The number of nitrogen functional groups attached to an aromatic ring is 1. The van der Waals surface area contributed by atoms with Gasteiger partial charge < -0.3 is 15.0 Å². The van der Waals surface area contributed by atoms with Crippen LogP contribution in [-0.4, -0.2) is 12.3 Å². The molecule has 4 heteroatoms. The standard InChI is InChI=1S/C16H22N2O2/c1-9(2)12-6-11(14-8-15(17)18-20-14)7-13(10(3)4)16(12)19-5/h6-10H,1-5H3,(H2,17,18). The van der Waals surface area contributed by atoms with Crippen LogP contribution >= 0.6 is 0 Å². The predicted octanol–water partition coefficient (Wildman–Crippen LogP) is 4.18. The molecule has 108 valence electrons. The van der Waals surface area contributed by atoms with Gasteiger partial charge in [0.05, 0.1) is 7.11 Å². The molecule has 0 aliphatic heterocycles. The van der Waals surface area contributed by atoms with E-state index < -0.39 is 0 Å². The van der Waals surface area contributed by atoms with Gasteiger partial charge in [-0.2, -0.15) is 0 Å². The summed E-state index contributed by atoms with van der Waals surface area (Å²) in [5.41, 5.74) is 8.97. The van der Waals surface area contributed by atoms with Gasteiger partial charge in [0.1, 0.15) is 5.75 Å². The van der Waals surface area contributed by atoms with Gasteiger partial charge in [0.15, 0.2) is 11.6 Å². The fraction of sp³-hybridized carbons (Fsp3) is 0.438. The minimum Gasteiger partial charge on any atom is -0.496 e. The van der Waals surface area contributed by atoms with Gasteiger partial charge in [-0.25, -0.2) is 0 Å². The van der Waals surface area contributed by atoms with Crippen LogP contribution in [0.1, 0.15) is 50.7 Å². The molecule has 20 heavy (non-hydrogen) atoms. The van der Waals surface area contributed by atoms with E-state index in [2.05, 4.69) is 45.0 Å². The zero-order valence-corrected chi connectivity index (χ0v) is 12.7. The molecule has 0 fully saturated rings. The summed E-state index contributed by atoms with van der Waals surface area (Å²) in [4.78, 5) is 0. The minimum atomic E-state index is 0.364. The van der Waals surface area contributed by atoms with Crippen molar-refractivity contribution in [3.63, 3.8) is 0 Å². The minimum absolute atomic E-state index is 0.364. The molecule has 0 aliphatic rings. The van der Waals surface area contributed by atoms with Crippen LogP contribution in [0.25, 0.3) is 11.3 Å². The first-order valence-electron chi connectivity index (χ1n) is 6.88. The molecule has 0 atom stereocenters. The molecule has 0 aliphatic carbocycles. The molecule has 0 bridgehead atoms. The lowest BCUT2D eigenvalue weighted by Gasteiger charge is -2.19. The molecule has 0 spiro atoms. The highest BCUT2D eigenvalue weighted by Crippen LogP contribution is 2.38. The van der Waals surface area contributed by atoms with Gasteiger partial charge in [-0.05, 0) is 35.1 Å². The van der Waals surface area contributed by atoms with Crippen LogP contribution in [0.15, 0.2) is 22.7 Å². The van der Waals surface area contributed by atoms with E-state index in [0.29, 0.717) is 23.4 Å². The van der Waals surface area contributed by atoms with Crippen molar-refractivity contribution in [3.05, 3.63) is 29.3 Å². The zero-order valence-electron chi connectivity index (χ0n) is 12.7. The maximum absolute atomic E-state index is 5.64. The number of ether oxygens (including phenoxy) is 1. The molecule has 0 saturated carbocycles. The summed E-state index contributed by atoms with van der Waals surface area (Å²) in [5, 5.41) is 3.76. The Kier molecular flexibility index (Phi) is 4.02. The van der Waals surface area contributed by atoms with Crippen molar-refractivity contribution in [1.82, 2.24) is 5.16 Å². The fourth-order valence-corrected chi connectivity index (χ4v) is 2.34. The molecule has 2 rings (SSSR count). The second-order valence-electron chi connectivity index (χ2n) is 5.61. The SMILES string of the molecule is COc1c(C(C)C)cc(-c2cc(N)no2)cc1C(C)C. The topological polar surface area (TPSA) is 61.3 Å². The number of nitrogens with two attached hydrogens (primary N) is 1. The van der Waals surface area contributed by atoms with Gasteiger partial charge in [0, 0.05) is 11.6 Å². The molecule has 2 aromatic rings. The largest absolute Gasteiger partial charge is 0.496 e. The van der Waals surface area contributed by atoms with E-state index in [4.69, 9.17) is 15.0 Å². The van der Waals surface area contributed by atoms with E-state index >= 15 is 0 Å². The van der Waals surface area contributed by atoms with E-state index in [9.17, 15) is 0 Å². The van der Waals surface area contributed by atoms with Crippen LogP contribution in [-0.2, 0) is 0 Å². The van der Waals surface area contributed by atoms with Gasteiger partial charge in [0.2, 0.25) is 0 Å². The van der Waals surface area contributed by atoms with E-state index in [0.717, 1.165) is 11.3 Å². The Hall–Kier alpha value is -1.97. The van der Waals surface area contributed by atoms with Crippen molar-refractivity contribution < 1.29 is 9.26 Å². The third-order valence-corrected chi connectivity index (χ3v) is 3.41. The van der Waals surface area contributed by atoms with Gasteiger partial charge in [0.25, 0.3) is 0 Å². The van der Waals surface area contributed by atoms with Crippen molar-refractivity contribution in [2.45, 2.75) is 39.5 Å². The third-order valence-electron chi connectivity index (χ3n) is 3.41. The molecule has 1 aromatic heterocycles. The Labute approximate surface area is 119 Å². The molecular formula is C16H22N2O2. The van der Waals surface area contributed by atoms with E-state index in [1.165, 1.54) is 11.1 Å². The average molecular weight is 274 g/mol. The Morgan fingerprint density at radius 1 is 1.05 bits per heavy atom. The highest BCUT2D eigenvalue weighted by molar-refractivity contribution is 5.65. The number of aromatic nitrogens is 1. The normalized spacial score (nSPS) is 11.3. The maximum Gasteiger partial charge on any atom is 0.169 e. The average Bonchev–Trinajstić information content (AvgIpc) is 2.83. The summed E-state index contributed by atoms with van der Waals surface area (Å²) in [6, 6.07) is 5.93. The third kappa shape index (κ3) is 2.64. The smallest absolute Gasteiger partial charge is 0.169 e. The fourth-order valence-electron chi connectivity index (χ4n) is 2.34. The summed E-state index contributed by atoms with van der Waals surface area (Å²) < 4.78 is 10.9. The van der Waals surface area contributed by atoms with Crippen molar-refractivity contribution >= 4 is 5.82 Å². The lowest BCUT2D eigenvalue weighted by molar-refractivity contribution is 0.400. The monoisotopic (exact) mass is 274 g/mol. The summed E-state index contributed by atoms with van der Waals surface area (Å²) in [5.74, 6) is 2.78. The molecule has 0 unspecified atom stereocenters. The Balaban J connectivity index is 2.65. The molecular weight excluding hydrogens is 252 g/mol. The van der Waals surface area contributed by atoms with E-state index in [1.54, 1.807) is 13.2 Å². The molecule has 1 heterocycles. The van der Waals surface area contributed by atoms with E-state index in [-0.39, 0.29) is 0 Å². The first-order chi connectivity index (χ1) is 9.43. The second-order valence-corrected chi connectivity index (χ2v) is 5.61. The quantitative estimate of drug-likeness (QED) is 0.908. The predicted molar refractivity (Wildman–Crippen MR) is 81.1 cm³/mol.